The van der Waals surface area contributed by atoms with E-state index in [0.29, 0.717) is 0 Å². The van der Waals surface area contributed by atoms with Crippen LogP contribution in [0.2, 0.25) is 0 Å². The van der Waals surface area contributed by atoms with Gasteiger partial charge in [-0.3, -0.25) is 0 Å². The molecule has 0 N–H and O–H groups in total. The van der Waals surface area contributed by atoms with Crippen LogP contribution in [-0.4, -0.2) is 13.5 Å². The molecule has 0 radical (unpaired) electrons. The second-order valence-electron chi connectivity index (χ2n) is 5.39. The van der Waals surface area contributed by atoms with Gasteiger partial charge in [-0.1, -0.05) is 120 Å². The molecule has 0 fully saturated rings. The van der Waals surface area contributed by atoms with Gasteiger partial charge < -0.3 is 0 Å². The van der Waals surface area contributed by atoms with Crippen LogP contribution in [0.4, 0.5) is 0 Å². The Morgan fingerprint density at radius 3 is 1.40 bits per heavy atom. The molecule has 2 nitrogen and oxygen atoms in total. The third-order valence-electron chi connectivity index (χ3n) is 3.38. The average Bonchev–Trinajstić information content (AvgIpc) is 2.45. The molecule has 0 amide bonds. The van der Waals surface area contributed by atoms with Gasteiger partial charge in [-0.15, -0.1) is 0 Å². The molecule has 136 valence electrons. The Kier molecular flexibility index (Phi) is 7.89. The summed E-state index contributed by atoms with van der Waals surface area (Å²) in [6.45, 7) is 0. The summed E-state index contributed by atoms with van der Waals surface area (Å²) in [5.74, 6) is 0. The molecule has 0 aliphatic rings. The van der Waals surface area contributed by atoms with Crippen molar-refractivity contribution in [3.05, 3.63) is 68.6 Å². The summed E-state index contributed by atoms with van der Waals surface area (Å²) in [6, 6.07) is 15.1. The summed E-state index contributed by atoms with van der Waals surface area (Å²) in [5.41, 5.74) is 1.76. The highest BCUT2D eigenvalue weighted by molar-refractivity contribution is 9.31. The molecule has 2 rings (SSSR count). The molecule has 25 heavy (non-hydrogen) atoms. The van der Waals surface area contributed by atoms with Crippen LogP contribution in [0.1, 0.15) is 11.1 Å². The lowest BCUT2D eigenvalue weighted by atomic mass is 10.2. The summed E-state index contributed by atoms with van der Waals surface area (Å²) >= 11 is 20.3. The van der Waals surface area contributed by atoms with Crippen LogP contribution < -0.4 is 0 Å². The molecule has 2 aromatic carbocycles. The van der Waals surface area contributed by atoms with Crippen LogP contribution in [0.25, 0.3) is 0 Å². The normalized spacial score (nSPS) is 13.0. The van der Waals surface area contributed by atoms with Gasteiger partial charge in [-0.25, -0.2) is 8.42 Å². The molecule has 0 unspecified atom stereocenters. The fourth-order valence-corrected chi connectivity index (χ4v) is 11.4. The lowest BCUT2D eigenvalue weighted by Crippen LogP contribution is -2.40. The highest BCUT2D eigenvalue weighted by Crippen LogP contribution is 2.49. The average molecular weight is 748 g/mol. The summed E-state index contributed by atoms with van der Waals surface area (Å²) in [6.07, 6.45) is 0.512. The molecule has 9 heteroatoms. The molecule has 0 aromatic heterocycles. The summed E-state index contributed by atoms with van der Waals surface area (Å²) in [4.78, 5) is 0. The van der Waals surface area contributed by atoms with E-state index in [-0.39, 0.29) is 12.8 Å². The van der Waals surface area contributed by atoms with E-state index in [1.807, 2.05) is 48.5 Å². The van der Waals surface area contributed by atoms with Crippen molar-refractivity contribution in [2.75, 3.05) is 0 Å². The maximum atomic E-state index is 13.2. The Labute approximate surface area is 198 Å². The Bertz CT molecular complexity index is 799. The van der Waals surface area contributed by atoms with Crippen molar-refractivity contribution >= 4 is 105 Å². The van der Waals surface area contributed by atoms with Crippen molar-refractivity contribution < 1.29 is 8.42 Å². The van der Waals surface area contributed by atoms with Gasteiger partial charge in [0.1, 0.15) is 0 Å². The minimum absolute atomic E-state index is 0.256. The van der Waals surface area contributed by atoms with Gasteiger partial charge in [-0.05, 0) is 35.4 Å². The molecule has 0 atom stereocenters. The van der Waals surface area contributed by atoms with E-state index >= 15 is 0 Å². The van der Waals surface area contributed by atoms with Crippen LogP contribution in [-0.2, 0) is 22.7 Å². The largest absolute Gasteiger partial charge is 0.224 e. The SMILES string of the molecule is O=S(=O)(C(Br)(Br)Cc1cccc(Br)c1)C(Br)(Br)Cc1cccc(Br)c1. The predicted molar refractivity (Wildman–Crippen MR) is 126 cm³/mol. The van der Waals surface area contributed by atoms with E-state index < -0.39 is 15.0 Å². The number of halogens is 6. The first-order chi connectivity index (χ1) is 11.4. The third kappa shape index (κ3) is 5.64. The zero-order valence-electron chi connectivity index (χ0n) is 12.5. The molecule has 0 aliphatic heterocycles. The summed E-state index contributed by atoms with van der Waals surface area (Å²) in [5, 5.41) is 0. The van der Waals surface area contributed by atoms with Crippen molar-refractivity contribution in [3.8, 4) is 0 Å². The van der Waals surface area contributed by atoms with Crippen molar-refractivity contribution in [1.29, 1.82) is 0 Å². The molecule has 2 aromatic rings. The van der Waals surface area contributed by atoms with Crippen LogP contribution in [0.3, 0.4) is 0 Å². The molecule has 0 saturated heterocycles. The van der Waals surface area contributed by atoms with Gasteiger partial charge >= 0.3 is 0 Å². The van der Waals surface area contributed by atoms with E-state index in [9.17, 15) is 8.42 Å². The van der Waals surface area contributed by atoms with Crippen LogP contribution in [0.15, 0.2) is 57.5 Å². The maximum absolute atomic E-state index is 13.2. The van der Waals surface area contributed by atoms with Gasteiger partial charge in [0.25, 0.3) is 0 Å². The first-order valence-corrected chi connectivity index (χ1v) is 13.2. The van der Waals surface area contributed by atoms with Crippen molar-refractivity contribution in [3.63, 3.8) is 0 Å². The lowest BCUT2D eigenvalue weighted by molar-refractivity contribution is 0.585. The van der Waals surface area contributed by atoms with Gasteiger partial charge in [0, 0.05) is 21.8 Å². The number of sulfone groups is 1. The third-order valence-corrected chi connectivity index (χ3v) is 12.5. The number of rotatable bonds is 6. The minimum Gasteiger partial charge on any atom is -0.224 e. The molecule has 0 bridgehead atoms. The molecule has 0 aliphatic carbocycles. The molecule has 0 saturated carbocycles. The topological polar surface area (TPSA) is 34.1 Å². The fraction of sp³-hybridized carbons (Fsp3) is 0.250. The quantitative estimate of drug-likeness (QED) is 0.291. The second-order valence-corrected chi connectivity index (χ2v) is 19.3. The van der Waals surface area contributed by atoms with Gasteiger partial charge in [0.05, 0.1) is 0 Å². The summed E-state index contributed by atoms with van der Waals surface area (Å²) in [7, 11) is -3.72. The Hall–Kier alpha value is 1.27. The van der Waals surface area contributed by atoms with Crippen LogP contribution in [0, 0.1) is 0 Å². The van der Waals surface area contributed by atoms with Gasteiger partial charge in [0.2, 0.25) is 9.84 Å². The van der Waals surface area contributed by atoms with Crippen LogP contribution in [0.5, 0.6) is 0 Å². The first kappa shape index (κ1) is 22.6. The highest BCUT2D eigenvalue weighted by Gasteiger charge is 2.51. The standard InChI is InChI=1S/C16H12Br6O2S/c17-13-5-1-3-11(7-13)9-15(19,20)25(23,24)16(21,22)10-12-4-2-6-14(18)8-12/h1-8H,9-10H2. The predicted octanol–water partition coefficient (Wildman–Crippen LogP) is 7.30. The number of hydrogen-bond acceptors (Lipinski definition) is 2. The van der Waals surface area contributed by atoms with E-state index in [4.69, 9.17) is 0 Å². The number of hydrogen-bond donors (Lipinski definition) is 0. The Balaban J connectivity index is 2.30. The van der Waals surface area contributed by atoms with Gasteiger partial charge in [-0.2, -0.15) is 0 Å². The number of alkyl halides is 4. The monoisotopic (exact) mass is 742 g/mol. The minimum atomic E-state index is -3.72. The first-order valence-electron chi connectivity index (χ1n) is 6.93. The maximum Gasteiger partial charge on any atom is 0.202 e. The van der Waals surface area contributed by atoms with E-state index in [0.717, 1.165) is 20.1 Å². The zero-order valence-corrected chi connectivity index (χ0v) is 22.9. The van der Waals surface area contributed by atoms with E-state index in [1.165, 1.54) is 0 Å². The lowest BCUT2D eigenvalue weighted by Gasteiger charge is -2.30. The van der Waals surface area contributed by atoms with Crippen molar-refractivity contribution in [1.82, 2.24) is 0 Å². The second kappa shape index (κ2) is 8.74. The smallest absolute Gasteiger partial charge is 0.202 e. The van der Waals surface area contributed by atoms with E-state index in [2.05, 4.69) is 95.6 Å². The summed E-state index contributed by atoms with van der Waals surface area (Å²) < 4.78 is 25.6. The zero-order chi connectivity index (χ0) is 18.9. The molecular formula is C16H12Br6O2S. The van der Waals surface area contributed by atoms with Crippen LogP contribution >= 0.6 is 95.6 Å². The molecule has 0 heterocycles. The van der Waals surface area contributed by atoms with E-state index in [1.54, 1.807) is 0 Å². The highest BCUT2D eigenvalue weighted by atomic mass is 79.9. The molecular weight excluding hydrogens is 736 g/mol. The Morgan fingerprint density at radius 2 is 1.08 bits per heavy atom. The fourth-order valence-electron chi connectivity index (χ4n) is 2.18. The Morgan fingerprint density at radius 1 is 0.720 bits per heavy atom. The van der Waals surface area contributed by atoms with Crippen molar-refractivity contribution in [2.24, 2.45) is 0 Å². The number of benzene rings is 2. The van der Waals surface area contributed by atoms with Crippen molar-refractivity contribution in [2.45, 2.75) is 18.0 Å². The molecule has 0 spiro atoms. The van der Waals surface area contributed by atoms with Gasteiger partial charge in [0.15, 0.2) is 5.13 Å².